The molecule has 0 amide bonds. The van der Waals surface area contributed by atoms with E-state index in [0.717, 1.165) is 67.8 Å². The standard InChI is InChI=1S/C36H44N4O4/c1-24-31(32(34(41)42)44-35(2,3)4)33-39-19-17-36(5,18-20-39)43-21-10-6-7-12-25-13-8-9-16-28(25)26-14-11-15-27(22-26)29-23-30(37-24)40(33)38-29/h8-9,11,13-16,22-23,32H,6-7,10,12,17-21H2,1-5H3,(H,41,42). The van der Waals surface area contributed by atoms with Crippen LogP contribution in [0, 0.1) is 6.92 Å². The summed E-state index contributed by atoms with van der Waals surface area (Å²) in [6, 6.07) is 19.2. The van der Waals surface area contributed by atoms with E-state index in [-0.39, 0.29) is 5.60 Å². The van der Waals surface area contributed by atoms with Crippen molar-refractivity contribution < 1.29 is 19.4 Å². The molecule has 1 unspecified atom stereocenters. The SMILES string of the molecule is Cc1nc2cc3nn2c(c1C(OC(C)(C)C)C(=O)O)N1CCC(C)(CC1)OCCCCCc1ccccc1-c1cccc-3c1. The fraction of sp³-hybridized carbons (Fsp3) is 0.472. The first-order chi connectivity index (χ1) is 21.0. The number of rotatable bonds is 3. The van der Waals surface area contributed by atoms with Crippen molar-refractivity contribution >= 4 is 17.4 Å². The monoisotopic (exact) mass is 596 g/mol. The number of carbonyl (C=O) groups is 1. The zero-order valence-corrected chi connectivity index (χ0v) is 26.6. The molecule has 8 heteroatoms. The van der Waals surface area contributed by atoms with Crippen LogP contribution in [-0.2, 0) is 20.7 Å². The highest BCUT2D eigenvalue weighted by molar-refractivity contribution is 5.79. The molecule has 0 spiro atoms. The Balaban J connectivity index is 1.54. The van der Waals surface area contributed by atoms with Gasteiger partial charge in [0, 0.05) is 37.0 Å². The topological polar surface area (TPSA) is 89.2 Å². The number of hydrogen-bond acceptors (Lipinski definition) is 6. The highest BCUT2D eigenvalue weighted by atomic mass is 16.5. The number of benzene rings is 2. The molecular weight excluding hydrogens is 552 g/mol. The molecule has 2 aromatic carbocycles. The number of piperidine rings is 1. The number of carboxylic acid groups (broad SMARTS) is 1. The van der Waals surface area contributed by atoms with Gasteiger partial charge in [0.05, 0.1) is 22.5 Å². The predicted octanol–water partition coefficient (Wildman–Crippen LogP) is 7.41. The van der Waals surface area contributed by atoms with E-state index < -0.39 is 17.7 Å². The Hall–Kier alpha value is -3.75. The summed E-state index contributed by atoms with van der Waals surface area (Å²) in [7, 11) is 0. The molecule has 1 fully saturated rings. The van der Waals surface area contributed by atoms with Gasteiger partial charge in [-0.1, -0.05) is 48.9 Å². The minimum atomic E-state index is -1.19. The van der Waals surface area contributed by atoms with Gasteiger partial charge in [-0.3, -0.25) is 0 Å². The first kappa shape index (κ1) is 30.3. The molecule has 0 aliphatic carbocycles. The fourth-order valence-corrected chi connectivity index (χ4v) is 6.57. The summed E-state index contributed by atoms with van der Waals surface area (Å²) < 4.78 is 14.5. The van der Waals surface area contributed by atoms with E-state index in [4.69, 9.17) is 19.6 Å². The Labute approximate surface area is 260 Å². The second kappa shape index (κ2) is 12.0. The number of nitrogens with zero attached hydrogens (tertiary/aromatic N) is 4. The highest BCUT2D eigenvalue weighted by Gasteiger charge is 2.37. The van der Waals surface area contributed by atoms with Gasteiger partial charge in [0.15, 0.2) is 11.8 Å². The van der Waals surface area contributed by atoms with Crippen molar-refractivity contribution in [2.45, 2.75) is 90.4 Å². The van der Waals surface area contributed by atoms with Crippen molar-refractivity contribution in [3.8, 4) is 22.4 Å². The van der Waals surface area contributed by atoms with Crippen LogP contribution in [0.3, 0.4) is 0 Å². The third-order valence-corrected chi connectivity index (χ3v) is 8.91. The van der Waals surface area contributed by atoms with Crippen LogP contribution in [0.25, 0.3) is 28.0 Å². The summed E-state index contributed by atoms with van der Waals surface area (Å²) in [6.45, 7) is 11.9. The molecule has 44 heavy (non-hydrogen) atoms. The number of aryl methyl sites for hydroxylation is 2. The van der Waals surface area contributed by atoms with Gasteiger partial charge in [0.25, 0.3) is 0 Å². The molecule has 4 aromatic rings. The summed E-state index contributed by atoms with van der Waals surface area (Å²) >= 11 is 0. The van der Waals surface area contributed by atoms with E-state index in [0.29, 0.717) is 30.0 Å². The van der Waals surface area contributed by atoms with Gasteiger partial charge in [-0.2, -0.15) is 9.61 Å². The number of aromatic nitrogens is 3. The Bertz CT molecular complexity index is 1660. The first-order valence-corrected chi connectivity index (χ1v) is 15.9. The second-order valence-electron chi connectivity index (χ2n) is 13.5. The summed E-state index contributed by atoms with van der Waals surface area (Å²) in [5, 5.41) is 15.5. The molecule has 8 nitrogen and oxygen atoms in total. The smallest absolute Gasteiger partial charge is 0.337 e. The lowest BCUT2D eigenvalue weighted by atomic mass is 9.92. The third-order valence-electron chi connectivity index (χ3n) is 8.91. The minimum absolute atomic E-state index is 0.226. The Morgan fingerprint density at radius 1 is 1.02 bits per heavy atom. The van der Waals surface area contributed by atoms with E-state index in [1.54, 1.807) is 0 Å². The van der Waals surface area contributed by atoms with E-state index in [1.807, 2.05) is 38.3 Å². The lowest BCUT2D eigenvalue weighted by Crippen LogP contribution is -2.46. The minimum Gasteiger partial charge on any atom is -0.479 e. The largest absolute Gasteiger partial charge is 0.479 e. The van der Waals surface area contributed by atoms with Crippen LogP contribution in [0.1, 0.15) is 82.7 Å². The van der Waals surface area contributed by atoms with Crippen molar-refractivity contribution in [2.75, 3.05) is 24.6 Å². The molecule has 1 N–H and O–H groups in total. The van der Waals surface area contributed by atoms with Gasteiger partial charge in [0.1, 0.15) is 5.82 Å². The van der Waals surface area contributed by atoms with Crippen molar-refractivity contribution in [2.24, 2.45) is 0 Å². The van der Waals surface area contributed by atoms with Gasteiger partial charge in [-0.05, 0) is 89.5 Å². The van der Waals surface area contributed by atoms with Crippen molar-refractivity contribution in [1.29, 1.82) is 0 Å². The molecule has 7 rings (SSSR count). The first-order valence-electron chi connectivity index (χ1n) is 15.9. The molecule has 3 aliphatic heterocycles. The summed E-state index contributed by atoms with van der Waals surface area (Å²) in [4.78, 5) is 19.9. The number of carboxylic acids is 1. The molecular formula is C36H44N4O4. The number of fused-ring (bicyclic) bond motifs is 7. The number of anilines is 1. The normalized spacial score (nSPS) is 18.0. The average Bonchev–Trinajstić information content (AvgIpc) is 3.41. The van der Waals surface area contributed by atoms with Gasteiger partial charge in [-0.25, -0.2) is 9.78 Å². The van der Waals surface area contributed by atoms with Gasteiger partial charge in [-0.15, -0.1) is 0 Å². The zero-order chi connectivity index (χ0) is 31.1. The van der Waals surface area contributed by atoms with E-state index in [1.165, 1.54) is 11.1 Å². The summed E-state index contributed by atoms with van der Waals surface area (Å²) in [5.74, 6) is -0.309. The number of ether oxygens (including phenoxy) is 2. The highest BCUT2D eigenvalue weighted by Crippen LogP contribution is 2.39. The molecule has 1 saturated heterocycles. The van der Waals surface area contributed by atoms with Crippen molar-refractivity contribution in [3.63, 3.8) is 0 Å². The molecule has 6 bridgehead atoms. The number of hydrogen-bond donors (Lipinski definition) is 1. The fourth-order valence-electron chi connectivity index (χ4n) is 6.57. The Morgan fingerprint density at radius 3 is 2.52 bits per heavy atom. The van der Waals surface area contributed by atoms with Crippen molar-refractivity contribution in [1.82, 2.24) is 14.6 Å². The second-order valence-corrected chi connectivity index (χ2v) is 13.5. The molecule has 0 saturated carbocycles. The van der Waals surface area contributed by atoms with Crippen LogP contribution in [0.5, 0.6) is 0 Å². The van der Waals surface area contributed by atoms with Crippen LogP contribution in [0.4, 0.5) is 5.82 Å². The maximum absolute atomic E-state index is 12.8. The van der Waals surface area contributed by atoms with Crippen LogP contribution < -0.4 is 4.90 Å². The average molecular weight is 597 g/mol. The number of aliphatic carboxylic acids is 1. The van der Waals surface area contributed by atoms with Crippen molar-refractivity contribution in [3.05, 3.63) is 71.4 Å². The molecule has 232 valence electrons. The molecule has 2 aromatic heterocycles. The van der Waals surface area contributed by atoms with E-state index >= 15 is 0 Å². The Morgan fingerprint density at radius 2 is 1.77 bits per heavy atom. The summed E-state index contributed by atoms with van der Waals surface area (Å²) in [6.07, 6.45) is 4.76. The molecule has 1 atom stereocenters. The zero-order valence-electron chi connectivity index (χ0n) is 26.6. The Kier molecular flexibility index (Phi) is 8.24. The molecule has 5 heterocycles. The van der Waals surface area contributed by atoms with Crippen LogP contribution in [0.2, 0.25) is 0 Å². The predicted molar refractivity (Wildman–Crippen MR) is 173 cm³/mol. The van der Waals surface area contributed by atoms with Gasteiger partial charge in [0.2, 0.25) is 0 Å². The lowest BCUT2D eigenvalue weighted by Gasteiger charge is -2.41. The van der Waals surface area contributed by atoms with Gasteiger partial charge >= 0.3 is 5.97 Å². The summed E-state index contributed by atoms with van der Waals surface area (Å²) in [5.41, 5.74) is 6.48. The van der Waals surface area contributed by atoms with Gasteiger partial charge < -0.3 is 19.5 Å². The van der Waals surface area contributed by atoms with E-state index in [2.05, 4.69) is 60.4 Å². The maximum atomic E-state index is 12.8. The third kappa shape index (κ3) is 6.24. The van der Waals surface area contributed by atoms with Crippen LogP contribution >= 0.6 is 0 Å². The molecule has 3 aliphatic rings. The maximum Gasteiger partial charge on any atom is 0.337 e. The molecule has 0 radical (unpaired) electrons. The quantitative estimate of drug-likeness (QED) is 0.263. The van der Waals surface area contributed by atoms with E-state index in [9.17, 15) is 9.90 Å². The van der Waals surface area contributed by atoms with Crippen LogP contribution in [-0.4, -0.2) is 56.6 Å². The lowest BCUT2D eigenvalue weighted by molar-refractivity contribution is -0.160. The van der Waals surface area contributed by atoms with Crippen LogP contribution in [0.15, 0.2) is 54.6 Å².